The Balaban J connectivity index is 0.00000149. The number of aryl methyl sites for hydroxylation is 3. The Bertz CT molecular complexity index is 1140. The zero-order chi connectivity index (χ0) is 24.3. The summed E-state index contributed by atoms with van der Waals surface area (Å²) in [4.78, 5) is 13.4. The molecule has 1 aromatic carbocycles. The minimum Gasteiger partial charge on any atom is -0.507 e. The van der Waals surface area contributed by atoms with Crippen molar-refractivity contribution in [1.29, 1.82) is 0 Å². The van der Waals surface area contributed by atoms with Gasteiger partial charge in [0.25, 0.3) is 0 Å². The van der Waals surface area contributed by atoms with E-state index in [2.05, 4.69) is 19.5 Å². The molecule has 6 nitrogen and oxygen atoms in total. The molecule has 4 rings (SSSR count). The predicted octanol–water partition coefficient (Wildman–Crippen LogP) is 5.33. The van der Waals surface area contributed by atoms with E-state index in [0.29, 0.717) is 17.3 Å². The van der Waals surface area contributed by atoms with E-state index in [1.54, 1.807) is 18.3 Å². The monoisotopic (exact) mass is 459 g/mol. The zero-order valence-electron chi connectivity index (χ0n) is 19.1. The van der Waals surface area contributed by atoms with Crippen LogP contribution in [0.2, 0.25) is 0 Å². The molecule has 1 unspecified atom stereocenters. The molecule has 0 spiro atoms. The lowest BCUT2D eigenvalue weighted by Gasteiger charge is -2.20. The average molecular weight is 460 g/mol. The number of pyridine rings is 1. The molecule has 0 fully saturated rings. The lowest BCUT2D eigenvalue weighted by molar-refractivity contribution is -0.137. The van der Waals surface area contributed by atoms with Crippen LogP contribution in [0.5, 0.6) is 5.75 Å². The van der Waals surface area contributed by atoms with Crippen molar-refractivity contribution >= 4 is 12.0 Å². The van der Waals surface area contributed by atoms with Crippen LogP contribution in [0.25, 0.3) is 11.3 Å². The maximum Gasteiger partial charge on any atom is 0.416 e. The Hall–Kier alpha value is -3.36. The Morgan fingerprint density at radius 2 is 1.91 bits per heavy atom. The lowest BCUT2D eigenvalue weighted by Crippen LogP contribution is -2.23. The number of phenols is 1. The van der Waals surface area contributed by atoms with Gasteiger partial charge in [0.1, 0.15) is 17.4 Å². The van der Waals surface area contributed by atoms with E-state index in [4.69, 9.17) is 5.73 Å². The summed E-state index contributed by atoms with van der Waals surface area (Å²) in [6.45, 7) is 8.21. The molecule has 0 saturated carbocycles. The van der Waals surface area contributed by atoms with E-state index in [-0.39, 0.29) is 23.0 Å². The predicted molar refractivity (Wildman–Crippen MR) is 124 cm³/mol. The maximum atomic E-state index is 13.0. The summed E-state index contributed by atoms with van der Waals surface area (Å²) in [6.07, 6.45) is 0.889. The number of aliphatic imine (C=N–C) groups is 1. The Morgan fingerprint density at radius 3 is 2.55 bits per heavy atom. The topological polar surface area (TPSA) is 89.3 Å². The van der Waals surface area contributed by atoms with Crippen LogP contribution < -0.4 is 5.73 Å². The number of anilines is 1. The quantitative estimate of drug-likeness (QED) is 0.518. The van der Waals surface area contributed by atoms with Crippen molar-refractivity contribution in [3.63, 3.8) is 0 Å². The first kappa shape index (κ1) is 24.3. The number of nitrogens with zero attached hydrogens (tertiary/aromatic N) is 4. The van der Waals surface area contributed by atoms with Crippen molar-refractivity contribution in [3.8, 4) is 17.0 Å². The number of phenolic OH excluding ortho intramolecular Hbond substituents is 1. The van der Waals surface area contributed by atoms with E-state index in [1.807, 2.05) is 27.0 Å². The molecule has 0 bridgehead atoms. The van der Waals surface area contributed by atoms with Gasteiger partial charge < -0.3 is 15.4 Å². The third-order valence-corrected chi connectivity index (χ3v) is 5.37. The first-order chi connectivity index (χ1) is 15.6. The molecular weight excluding hydrogens is 431 g/mol. The SMILES string of the molecule is CC.Cc1cn2c(n1)CCC(N=Cc1ccc(-c3c(C)cc(C(F)(F)F)cc3O)nc1N)C2. The summed E-state index contributed by atoms with van der Waals surface area (Å²) in [7, 11) is 0. The number of imidazole rings is 1. The van der Waals surface area contributed by atoms with Gasteiger partial charge in [-0.3, -0.25) is 4.99 Å². The van der Waals surface area contributed by atoms with Gasteiger partial charge in [-0.25, -0.2) is 9.97 Å². The molecule has 0 saturated heterocycles. The van der Waals surface area contributed by atoms with E-state index < -0.39 is 17.5 Å². The zero-order valence-corrected chi connectivity index (χ0v) is 19.1. The van der Waals surface area contributed by atoms with E-state index >= 15 is 0 Å². The molecule has 1 atom stereocenters. The van der Waals surface area contributed by atoms with Gasteiger partial charge in [-0.15, -0.1) is 0 Å². The van der Waals surface area contributed by atoms with Gasteiger partial charge >= 0.3 is 6.18 Å². The summed E-state index contributed by atoms with van der Waals surface area (Å²) in [5.41, 5.74) is 7.55. The Labute approximate surface area is 191 Å². The first-order valence-corrected chi connectivity index (χ1v) is 10.9. The van der Waals surface area contributed by atoms with Gasteiger partial charge in [-0.1, -0.05) is 13.8 Å². The number of nitrogens with two attached hydrogens (primary N) is 1. The number of alkyl halides is 3. The maximum absolute atomic E-state index is 13.0. The number of benzene rings is 1. The number of aromatic hydroxyl groups is 1. The van der Waals surface area contributed by atoms with Crippen molar-refractivity contribution < 1.29 is 18.3 Å². The third-order valence-electron chi connectivity index (χ3n) is 5.37. The highest BCUT2D eigenvalue weighted by molar-refractivity contribution is 5.87. The van der Waals surface area contributed by atoms with Crippen LogP contribution in [0.3, 0.4) is 0 Å². The van der Waals surface area contributed by atoms with Gasteiger partial charge in [-0.2, -0.15) is 13.2 Å². The highest BCUT2D eigenvalue weighted by Crippen LogP contribution is 2.38. The number of rotatable bonds is 3. The molecule has 33 heavy (non-hydrogen) atoms. The normalized spacial score (nSPS) is 15.8. The van der Waals surface area contributed by atoms with E-state index in [9.17, 15) is 18.3 Å². The second-order valence-corrected chi connectivity index (χ2v) is 7.78. The minimum absolute atomic E-state index is 0.0985. The van der Waals surface area contributed by atoms with Crippen molar-refractivity contribution in [2.75, 3.05) is 5.73 Å². The van der Waals surface area contributed by atoms with Crippen LogP contribution in [0, 0.1) is 13.8 Å². The summed E-state index contributed by atoms with van der Waals surface area (Å²) in [5, 5.41) is 10.2. The summed E-state index contributed by atoms with van der Waals surface area (Å²) < 4.78 is 41.0. The Morgan fingerprint density at radius 1 is 1.18 bits per heavy atom. The summed E-state index contributed by atoms with van der Waals surface area (Å²) in [5.74, 6) is 0.769. The molecule has 3 N–H and O–H groups in total. The number of fused-ring (bicyclic) bond motifs is 1. The average Bonchev–Trinajstić information content (AvgIpc) is 3.12. The van der Waals surface area contributed by atoms with Gasteiger partial charge in [-0.05, 0) is 50.1 Å². The van der Waals surface area contributed by atoms with Crippen molar-refractivity contribution in [3.05, 3.63) is 58.7 Å². The van der Waals surface area contributed by atoms with Gasteiger partial charge in [0.15, 0.2) is 0 Å². The highest BCUT2D eigenvalue weighted by atomic mass is 19.4. The molecule has 2 aromatic heterocycles. The van der Waals surface area contributed by atoms with Crippen molar-refractivity contribution in [2.45, 2.75) is 59.3 Å². The van der Waals surface area contributed by atoms with Crippen LogP contribution in [-0.4, -0.2) is 31.9 Å². The fourth-order valence-electron chi connectivity index (χ4n) is 3.88. The fraction of sp³-hybridized carbons (Fsp3) is 0.375. The van der Waals surface area contributed by atoms with Crippen LogP contribution in [0.4, 0.5) is 19.0 Å². The molecule has 9 heteroatoms. The second-order valence-electron chi connectivity index (χ2n) is 7.78. The van der Waals surface area contributed by atoms with Gasteiger partial charge in [0, 0.05) is 36.5 Å². The summed E-state index contributed by atoms with van der Waals surface area (Å²) in [6, 6.07) is 5.10. The standard InChI is InChI=1S/C22H22F3N5O.C2H6/c1-12-7-15(22(23,24)25)8-18(31)20(12)17-5-3-14(21(26)29-17)9-27-16-4-6-19-28-13(2)10-30(19)11-16;1-2/h3,5,7-10,16,31H,4,6,11H2,1-2H3,(H2,26,29);1-2H3. The summed E-state index contributed by atoms with van der Waals surface area (Å²) >= 11 is 0. The molecule has 0 aliphatic carbocycles. The van der Waals surface area contributed by atoms with Crippen molar-refractivity contribution in [2.24, 2.45) is 4.99 Å². The molecule has 3 heterocycles. The first-order valence-electron chi connectivity index (χ1n) is 10.9. The van der Waals surface area contributed by atoms with Gasteiger partial charge in [0.05, 0.1) is 23.0 Å². The van der Waals surface area contributed by atoms with E-state index in [0.717, 1.165) is 37.0 Å². The van der Waals surface area contributed by atoms with Crippen LogP contribution in [0.1, 0.15) is 48.5 Å². The van der Waals surface area contributed by atoms with E-state index in [1.165, 1.54) is 6.92 Å². The lowest BCUT2D eigenvalue weighted by atomic mass is 10.00. The highest BCUT2D eigenvalue weighted by Gasteiger charge is 2.32. The third kappa shape index (κ3) is 5.35. The molecule has 0 amide bonds. The molecule has 176 valence electrons. The largest absolute Gasteiger partial charge is 0.507 e. The molecule has 1 aliphatic rings. The molecule has 3 aromatic rings. The number of hydrogen-bond donors (Lipinski definition) is 2. The number of nitrogen functional groups attached to an aromatic ring is 1. The van der Waals surface area contributed by atoms with Crippen LogP contribution in [0.15, 0.2) is 35.5 Å². The number of hydrogen-bond acceptors (Lipinski definition) is 5. The minimum atomic E-state index is -4.54. The molecular formula is C24H28F3N5O. The number of halogens is 3. The number of aromatic nitrogens is 3. The molecule has 0 radical (unpaired) electrons. The Kier molecular flexibility index (Phi) is 7.09. The smallest absolute Gasteiger partial charge is 0.416 e. The fourth-order valence-corrected chi connectivity index (χ4v) is 3.88. The molecule has 1 aliphatic heterocycles. The second kappa shape index (κ2) is 9.64. The van der Waals surface area contributed by atoms with Gasteiger partial charge in [0.2, 0.25) is 0 Å². The van der Waals surface area contributed by atoms with Crippen LogP contribution in [-0.2, 0) is 19.1 Å². The van der Waals surface area contributed by atoms with Crippen LogP contribution >= 0.6 is 0 Å². The van der Waals surface area contributed by atoms with Crippen molar-refractivity contribution in [1.82, 2.24) is 14.5 Å².